The van der Waals surface area contributed by atoms with Crippen molar-refractivity contribution >= 4 is 11.8 Å². The van der Waals surface area contributed by atoms with Gasteiger partial charge in [-0.15, -0.1) is 0 Å². The third kappa shape index (κ3) is 4.44. The van der Waals surface area contributed by atoms with Crippen LogP contribution in [0.1, 0.15) is 32.3 Å². The summed E-state index contributed by atoms with van der Waals surface area (Å²) in [7, 11) is 0. The van der Waals surface area contributed by atoms with E-state index in [1.165, 1.54) is 17.0 Å². The molecule has 0 aromatic heterocycles. The van der Waals surface area contributed by atoms with Gasteiger partial charge >= 0.3 is 0 Å². The van der Waals surface area contributed by atoms with Gasteiger partial charge in [0.1, 0.15) is 12.1 Å². The Hall–Kier alpha value is -2.32. The van der Waals surface area contributed by atoms with Gasteiger partial charge in [0.15, 0.2) is 11.5 Å². The van der Waals surface area contributed by atoms with Crippen LogP contribution in [-0.4, -0.2) is 56.8 Å². The fourth-order valence-electron chi connectivity index (χ4n) is 3.04. The maximum atomic E-state index is 12.9. The van der Waals surface area contributed by atoms with Crippen LogP contribution in [0.3, 0.4) is 0 Å². The van der Waals surface area contributed by atoms with Crippen molar-refractivity contribution in [3.8, 4) is 11.5 Å². The lowest BCUT2D eigenvalue weighted by Gasteiger charge is -2.40. The zero-order valence-corrected chi connectivity index (χ0v) is 15.1. The topological polar surface area (TPSA) is 136 Å². The molecule has 2 amide bonds. The molecule has 1 aromatic carbocycles. The van der Waals surface area contributed by atoms with E-state index < -0.39 is 18.2 Å². The molecule has 8 heteroatoms. The number of nitrogens with one attached hydrogen (secondary N) is 1. The number of carbonyl (C=O) groups excluding carboxylic acids is 2. The Balaban J connectivity index is 2.26. The highest BCUT2D eigenvalue weighted by molar-refractivity contribution is 5.97. The number of rotatable bonds is 7. The third-order valence-corrected chi connectivity index (χ3v) is 4.63. The first-order chi connectivity index (χ1) is 12.2. The SMILES string of the molecule is CC(C)C1NC(=O)C(CCC(O)CN)N(Cc2ccc(O)c(O)c2)C1=O. The molecule has 1 aliphatic rings. The van der Waals surface area contributed by atoms with E-state index in [1.54, 1.807) is 6.07 Å². The maximum absolute atomic E-state index is 12.9. The van der Waals surface area contributed by atoms with E-state index in [1.807, 2.05) is 13.8 Å². The first-order valence-corrected chi connectivity index (χ1v) is 8.74. The Morgan fingerprint density at radius 1 is 1.23 bits per heavy atom. The smallest absolute Gasteiger partial charge is 0.246 e. The summed E-state index contributed by atoms with van der Waals surface area (Å²) >= 11 is 0. The number of hydrogen-bond donors (Lipinski definition) is 5. The molecule has 0 spiro atoms. The van der Waals surface area contributed by atoms with Crippen LogP contribution in [0.4, 0.5) is 0 Å². The summed E-state index contributed by atoms with van der Waals surface area (Å²) in [6, 6.07) is 2.95. The van der Waals surface area contributed by atoms with Crippen molar-refractivity contribution in [1.82, 2.24) is 10.2 Å². The maximum Gasteiger partial charge on any atom is 0.246 e. The van der Waals surface area contributed by atoms with Gasteiger partial charge in [-0.2, -0.15) is 0 Å². The molecule has 1 heterocycles. The van der Waals surface area contributed by atoms with Crippen LogP contribution in [0.2, 0.25) is 0 Å². The number of carbonyl (C=O) groups is 2. The van der Waals surface area contributed by atoms with Gasteiger partial charge in [-0.3, -0.25) is 9.59 Å². The number of phenolic OH excluding ortho intramolecular Hbond substituents is 2. The molecule has 6 N–H and O–H groups in total. The number of piperazine rings is 1. The normalized spacial score (nSPS) is 21.8. The summed E-state index contributed by atoms with van der Waals surface area (Å²) in [4.78, 5) is 26.9. The lowest BCUT2D eigenvalue weighted by molar-refractivity contribution is -0.151. The predicted molar refractivity (Wildman–Crippen MR) is 95.2 cm³/mol. The molecule has 1 aromatic rings. The Kier molecular flexibility index (Phi) is 6.44. The second-order valence-corrected chi connectivity index (χ2v) is 7.00. The van der Waals surface area contributed by atoms with Crippen LogP contribution >= 0.6 is 0 Å². The van der Waals surface area contributed by atoms with Crippen LogP contribution in [0, 0.1) is 5.92 Å². The standard InChI is InChI=1S/C18H27N3O5/c1-10(2)16-18(26)21(9-11-3-6-14(23)15(24)7-11)13(17(25)20-16)5-4-12(22)8-19/h3,6-7,10,12-13,16,22-24H,4-5,8-9,19H2,1-2H3,(H,20,25). The first kappa shape index (κ1) is 20.0. The molecule has 3 atom stereocenters. The minimum absolute atomic E-state index is 0.0715. The Labute approximate surface area is 152 Å². The monoisotopic (exact) mass is 365 g/mol. The van der Waals surface area contributed by atoms with Crippen LogP contribution in [-0.2, 0) is 16.1 Å². The third-order valence-electron chi connectivity index (χ3n) is 4.63. The summed E-state index contributed by atoms with van der Waals surface area (Å²) in [6.07, 6.45) is -0.156. The van der Waals surface area contributed by atoms with Crippen molar-refractivity contribution in [2.45, 2.75) is 51.4 Å². The summed E-state index contributed by atoms with van der Waals surface area (Å²) in [5.41, 5.74) is 6.01. The minimum atomic E-state index is -0.736. The van der Waals surface area contributed by atoms with E-state index in [4.69, 9.17) is 5.73 Å². The predicted octanol–water partition coefficient (Wildman–Crippen LogP) is 0.0492. The molecule has 2 rings (SSSR count). The zero-order valence-electron chi connectivity index (χ0n) is 15.1. The van der Waals surface area contributed by atoms with Crippen molar-refractivity contribution in [3.05, 3.63) is 23.8 Å². The van der Waals surface area contributed by atoms with E-state index in [0.29, 0.717) is 12.0 Å². The van der Waals surface area contributed by atoms with E-state index in [2.05, 4.69) is 5.32 Å². The van der Waals surface area contributed by atoms with Crippen molar-refractivity contribution in [2.24, 2.45) is 11.7 Å². The van der Waals surface area contributed by atoms with Crippen LogP contribution in [0.5, 0.6) is 11.5 Å². The van der Waals surface area contributed by atoms with Crippen LogP contribution in [0.25, 0.3) is 0 Å². The summed E-state index contributed by atoms with van der Waals surface area (Å²) < 4.78 is 0. The highest BCUT2D eigenvalue weighted by atomic mass is 16.3. The average Bonchev–Trinajstić information content (AvgIpc) is 2.59. The molecular formula is C18H27N3O5. The molecular weight excluding hydrogens is 338 g/mol. The van der Waals surface area contributed by atoms with Gasteiger partial charge in [0.2, 0.25) is 11.8 Å². The number of phenols is 2. The van der Waals surface area contributed by atoms with Crippen molar-refractivity contribution in [1.29, 1.82) is 0 Å². The van der Waals surface area contributed by atoms with Gasteiger partial charge in [0, 0.05) is 13.1 Å². The Bertz CT molecular complexity index is 664. The molecule has 0 saturated carbocycles. The molecule has 0 bridgehead atoms. The number of aliphatic hydroxyl groups excluding tert-OH is 1. The van der Waals surface area contributed by atoms with Gasteiger partial charge in [-0.1, -0.05) is 19.9 Å². The van der Waals surface area contributed by atoms with E-state index in [0.717, 1.165) is 0 Å². The molecule has 26 heavy (non-hydrogen) atoms. The molecule has 8 nitrogen and oxygen atoms in total. The van der Waals surface area contributed by atoms with Gasteiger partial charge < -0.3 is 31.3 Å². The van der Waals surface area contributed by atoms with Crippen molar-refractivity contribution in [3.63, 3.8) is 0 Å². The van der Waals surface area contributed by atoms with E-state index in [-0.39, 0.29) is 48.7 Å². The highest BCUT2D eigenvalue weighted by Gasteiger charge is 2.41. The summed E-state index contributed by atoms with van der Waals surface area (Å²) in [5, 5.41) is 31.6. The first-order valence-electron chi connectivity index (χ1n) is 8.74. The fraction of sp³-hybridized carbons (Fsp3) is 0.556. The lowest BCUT2D eigenvalue weighted by Crippen LogP contribution is -2.64. The van der Waals surface area contributed by atoms with Crippen molar-refractivity contribution in [2.75, 3.05) is 6.54 Å². The number of nitrogens with two attached hydrogens (primary N) is 1. The van der Waals surface area contributed by atoms with Crippen LogP contribution in [0.15, 0.2) is 18.2 Å². The second kappa shape index (κ2) is 8.37. The zero-order chi connectivity index (χ0) is 19.4. The Morgan fingerprint density at radius 2 is 1.92 bits per heavy atom. The molecule has 0 aliphatic carbocycles. The molecule has 144 valence electrons. The van der Waals surface area contributed by atoms with E-state index in [9.17, 15) is 24.9 Å². The summed E-state index contributed by atoms with van der Waals surface area (Å²) in [6.45, 7) is 3.91. The number of benzene rings is 1. The van der Waals surface area contributed by atoms with Gasteiger partial charge in [0.25, 0.3) is 0 Å². The van der Waals surface area contributed by atoms with Crippen LogP contribution < -0.4 is 11.1 Å². The number of amides is 2. The largest absolute Gasteiger partial charge is 0.504 e. The Morgan fingerprint density at radius 3 is 2.50 bits per heavy atom. The summed E-state index contributed by atoms with van der Waals surface area (Å²) in [5.74, 6) is -1.08. The molecule has 0 radical (unpaired) electrons. The van der Waals surface area contributed by atoms with Gasteiger partial charge in [-0.05, 0) is 36.5 Å². The highest BCUT2D eigenvalue weighted by Crippen LogP contribution is 2.27. The minimum Gasteiger partial charge on any atom is -0.504 e. The van der Waals surface area contributed by atoms with E-state index >= 15 is 0 Å². The average molecular weight is 365 g/mol. The lowest BCUT2D eigenvalue weighted by atomic mass is 9.94. The van der Waals surface area contributed by atoms with Gasteiger partial charge in [0.05, 0.1) is 6.10 Å². The molecule has 1 aliphatic heterocycles. The second-order valence-electron chi connectivity index (χ2n) is 7.00. The quantitative estimate of drug-likeness (QED) is 0.433. The number of nitrogens with zero attached hydrogens (tertiary/aromatic N) is 1. The molecule has 3 unspecified atom stereocenters. The fourth-order valence-corrected chi connectivity index (χ4v) is 3.04. The molecule has 1 fully saturated rings. The number of aromatic hydroxyl groups is 2. The number of aliphatic hydroxyl groups is 1. The molecule has 1 saturated heterocycles. The van der Waals surface area contributed by atoms with Gasteiger partial charge in [-0.25, -0.2) is 0 Å². The van der Waals surface area contributed by atoms with Crippen molar-refractivity contribution < 1.29 is 24.9 Å². The number of hydrogen-bond acceptors (Lipinski definition) is 6.